The molecule has 0 spiro atoms. The maximum atomic E-state index is 11.8. The van der Waals surface area contributed by atoms with Crippen molar-refractivity contribution >= 4 is 17.2 Å². The van der Waals surface area contributed by atoms with E-state index in [1.165, 1.54) is 4.88 Å². The number of amides is 1. The van der Waals surface area contributed by atoms with Crippen LogP contribution < -0.4 is 5.32 Å². The summed E-state index contributed by atoms with van der Waals surface area (Å²) in [6.45, 7) is 4.72. The predicted molar refractivity (Wildman–Crippen MR) is 75.0 cm³/mol. The second-order valence-corrected chi connectivity index (χ2v) is 5.49. The van der Waals surface area contributed by atoms with E-state index in [2.05, 4.69) is 21.7 Å². The fourth-order valence-corrected chi connectivity index (χ4v) is 2.69. The quantitative estimate of drug-likeness (QED) is 0.854. The van der Waals surface area contributed by atoms with Crippen LogP contribution in [0.5, 0.6) is 0 Å². The largest absolute Gasteiger partial charge is 0.362 e. The van der Waals surface area contributed by atoms with E-state index in [1.54, 1.807) is 11.3 Å². The molecule has 0 atom stereocenters. The zero-order valence-electron chi connectivity index (χ0n) is 10.7. The van der Waals surface area contributed by atoms with Gasteiger partial charge in [-0.3, -0.25) is 4.79 Å². The van der Waals surface area contributed by atoms with Crippen molar-refractivity contribution in [1.82, 2.24) is 10.3 Å². The lowest BCUT2D eigenvalue weighted by Gasteiger charge is -2.04. The number of hydrogen-bond donors (Lipinski definition) is 2. The molecule has 0 saturated carbocycles. The molecule has 2 N–H and O–H groups in total. The first-order valence-corrected chi connectivity index (χ1v) is 6.97. The van der Waals surface area contributed by atoms with Gasteiger partial charge in [0.25, 0.3) is 0 Å². The highest BCUT2D eigenvalue weighted by Gasteiger charge is 2.07. The summed E-state index contributed by atoms with van der Waals surface area (Å²) in [5, 5.41) is 5.02. The maximum Gasteiger partial charge on any atom is 0.224 e. The van der Waals surface area contributed by atoms with Crippen LogP contribution in [0.3, 0.4) is 0 Å². The molecule has 2 heterocycles. The Morgan fingerprint density at radius 2 is 2.28 bits per heavy atom. The first-order valence-electron chi connectivity index (χ1n) is 6.09. The van der Waals surface area contributed by atoms with Gasteiger partial charge in [-0.05, 0) is 43.3 Å². The number of H-pyrrole nitrogens is 1. The van der Waals surface area contributed by atoms with Crippen LogP contribution >= 0.6 is 11.3 Å². The number of carbonyl (C=O) groups excluding carboxylic acids is 1. The van der Waals surface area contributed by atoms with E-state index in [9.17, 15) is 4.79 Å². The van der Waals surface area contributed by atoms with Crippen LogP contribution in [0.25, 0.3) is 0 Å². The number of hydrogen-bond acceptors (Lipinski definition) is 2. The summed E-state index contributed by atoms with van der Waals surface area (Å²) in [6.07, 6.45) is 1.37. The molecule has 3 nitrogen and oxygen atoms in total. The summed E-state index contributed by atoms with van der Waals surface area (Å²) >= 11 is 1.73. The van der Waals surface area contributed by atoms with Gasteiger partial charge in [0.1, 0.15) is 0 Å². The summed E-state index contributed by atoms with van der Waals surface area (Å²) in [4.78, 5) is 16.3. The molecule has 0 unspecified atom stereocenters. The van der Waals surface area contributed by atoms with Gasteiger partial charge >= 0.3 is 0 Å². The van der Waals surface area contributed by atoms with Crippen molar-refractivity contribution in [1.29, 1.82) is 0 Å². The van der Waals surface area contributed by atoms with Crippen molar-refractivity contribution in [3.63, 3.8) is 0 Å². The molecule has 2 rings (SSSR count). The zero-order chi connectivity index (χ0) is 13.0. The Hall–Kier alpha value is -1.55. The van der Waals surface area contributed by atoms with Gasteiger partial charge in [-0.2, -0.15) is 0 Å². The van der Waals surface area contributed by atoms with Gasteiger partial charge in [-0.1, -0.05) is 6.07 Å². The van der Waals surface area contributed by atoms with Gasteiger partial charge in [-0.15, -0.1) is 11.3 Å². The Bertz CT molecular complexity index is 514. The smallest absolute Gasteiger partial charge is 0.224 e. The first kappa shape index (κ1) is 12.9. The molecule has 0 bridgehead atoms. The SMILES string of the molecule is Cc1cc(CC(=O)NCCc2cccs2)c(C)[nH]1. The van der Waals surface area contributed by atoms with Crippen LogP contribution in [-0.2, 0) is 17.6 Å². The molecule has 18 heavy (non-hydrogen) atoms. The normalized spacial score (nSPS) is 10.6. The van der Waals surface area contributed by atoms with Crippen molar-refractivity contribution in [2.24, 2.45) is 0 Å². The van der Waals surface area contributed by atoms with Crippen LogP contribution in [0.2, 0.25) is 0 Å². The number of carbonyl (C=O) groups is 1. The lowest BCUT2D eigenvalue weighted by atomic mass is 10.1. The molecule has 0 radical (unpaired) electrons. The van der Waals surface area contributed by atoms with E-state index in [0.29, 0.717) is 13.0 Å². The first-order chi connectivity index (χ1) is 8.65. The van der Waals surface area contributed by atoms with E-state index >= 15 is 0 Å². The number of aryl methyl sites for hydroxylation is 2. The molecule has 0 aliphatic rings. The predicted octanol–water partition coefficient (Wildman–Crippen LogP) is 2.59. The fraction of sp³-hybridized carbons (Fsp3) is 0.357. The average Bonchev–Trinajstić information content (AvgIpc) is 2.90. The number of aromatic nitrogens is 1. The van der Waals surface area contributed by atoms with Gasteiger partial charge in [-0.25, -0.2) is 0 Å². The Morgan fingerprint density at radius 3 is 2.89 bits per heavy atom. The monoisotopic (exact) mass is 262 g/mol. The molecule has 1 amide bonds. The lowest BCUT2D eigenvalue weighted by Crippen LogP contribution is -2.27. The van der Waals surface area contributed by atoms with Crippen LogP contribution in [0.4, 0.5) is 0 Å². The third-order valence-corrected chi connectivity index (χ3v) is 3.82. The molecular formula is C14H18N2OS. The second kappa shape index (κ2) is 5.87. The summed E-state index contributed by atoms with van der Waals surface area (Å²) in [5.41, 5.74) is 3.27. The molecular weight excluding hydrogens is 244 g/mol. The van der Waals surface area contributed by atoms with E-state index in [4.69, 9.17) is 0 Å². The molecule has 4 heteroatoms. The highest BCUT2D eigenvalue weighted by molar-refractivity contribution is 7.09. The van der Waals surface area contributed by atoms with Gasteiger partial charge in [0.15, 0.2) is 0 Å². The van der Waals surface area contributed by atoms with Crippen molar-refractivity contribution < 1.29 is 4.79 Å². The molecule has 2 aromatic rings. The fourth-order valence-electron chi connectivity index (χ4n) is 1.98. The van der Waals surface area contributed by atoms with Gasteiger partial charge in [0, 0.05) is 22.8 Å². The average molecular weight is 262 g/mol. The van der Waals surface area contributed by atoms with Gasteiger partial charge in [0.05, 0.1) is 6.42 Å². The number of aromatic amines is 1. The number of nitrogens with one attached hydrogen (secondary N) is 2. The molecule has 2 aromatic heterocycles. The number of thiophene rings is 1. The zero-order valence-corrected chi connectivity index (χ0v) is 11.6. The lowest BCUT2D eigenvalue weighted by molar-refractivity contribution is -0.120. The Kier molecular flexibility index (Phi) is 4.20. The van der Waals surface area contributed by atoms with Crippen LogP contribution in [-0.4, -0.2) is 17.4 Å². The second-order valence-electron chi connectivity index (χ2n) is 4.46. The van der Waals surface area contributed by atoms with Crippen molar-refractivity contribution in [2.75, 3.05) is 6.54 Å². The van der Waals surface area contributed by atoms with E-state index in [0.717, 1.165) is 23.4 Å². The molecule has 0 fully saturated rings. The van der Waals surface area contributed by atoms with Gasteiger partial charge in [0.2, 0.25) is 5.91 Å². The Labute approximate surface area is 111 Å². The summed E-state index contributed by atoms with van der Waals surface area (Å²) in [6, 6.07) is 6.17. The van der Waals surface area contributed by atoms with Crippen LogP contribution in [0.1, 0.15) is 21.8 Å². The highest BCUT2D eigenvalue weighted by Crippen LogP contribution is 2.10. The van der Waals surface area contributed by atoms with Gasteiger partial charge < -0.3 is 10.3 Å². The summed E-state index contributed by atoms with van der Waals surface area (Å²) in [5.74, 6) is 0.0913. The van der Waals surface area contributed by atoms with Crippen LogP contribution in [0.15, 0.2) is 23.6 Å². The molecule has 0 aromatic carbocycles. The third-order valence-electron chi connectivity index (χ3n) is 2.88. The molecule has 0 aliphatic carbocycles. The van der Waals surface area contributed by atoms with Crippen LogP contribution in [0, 0.1) is 13.8 Å². The van der Waals surface area contributed by atoms with Crippen molar-refractivity contribution in [3.8, 4) is 0 Å². The summed E-state index contributed by atoms with van der Waals surface area (Å²) in [7, 11) is 0. The van der Waals surface area contributed by atoms with Crippen molar-refractivity contribution in [3.05, 3.63) is 45.4 Å². The minimum Gasteiger partial charge on any atom is -0.362 e. The summed E-state index contributed by atoms with van der Waals surface area (Å²) < 4.78 is 0. The van der Waals surface area contributed by atoms with E-state index in [-0.39, 0.29) is 5.91 Å². The van der Waals surface area contributed by atoms with Crippen molar-refractivity contribution in [2.45, 2.75) is 26.7 Å². The highest BCUT2D eigenvalue weighted by atomic mass is 32.1. The molecule has 96 valence electrons. The standard InChI is InChI=1S/C14H18N2OS/c1-10-8-12(11(2)16-10)9-14(17)15-6-5-13-4-3-7-18-13/h3-4,7-8,16H,5-6,9H2,1-2H3,(H,15,17). The van der Waals surface area contributed by atoms with E-state index < -0.39 is 0 Å². The minimum absolute atomic E-state index is 0.0913. The Morgan fingerprint density at radius 1 is 1.44 bits per heavy atom. The van der Waals surface area contributed by atoms with E-state index in [1.807, 2.05) is 26.0 Å². The third kappa shape index (κ3) is 3.47. The number of rotatable bonds is 5. The minimum atomic E-state index is 0.0913. The Balaban J connectivity index is 1.77. The molecule has 0 saturated heterocycles. The maximum absolute atomic E-state index is 11.8. The molecule has 0 aliphatic heterocycles. The topological polar surface area (TPSA) is 44.9 Å².